The summed E-state index contributed by atoms with van der Waals surface area (Å²) in [5, 5.41) is 2.44. The number of carbonyl (C=O) groups excluding carboxylic acids is 1. The van der Waals surface area contributed by atoms with E-state index in [0.717, 1.165) is 18.2 Å². The van der Waals surface area contributed by atoms with Crippen LogP contribution in [0.1, 0.15) is 35.3 Å². The van der Waals surface area contributed by atoms with Crippen LogP contribution in [0.4, 0.5) is 17.6 Å². The van der Waals surface area contributed by atoms with E-state index in [9.17, 15) is 22.4 Å². The minimum atomic E-state index is -4.97. The van der Waals surface area contributed by atoms with Crippen LogP contribution in [0.3, 0.4) is 0 Å². The van der Waals surface area contributed by atoms with Crippen LogP contribution < -0.4 is 16.3 Å². The second-order valence-corrected chi connectivity index (χ2v) is 9.90. The molecule has 0 fully saturated rings. The first-order valence-corrected chi connectivity index (χ1v) is 12.4. The lowest BCUT2D eigenvalue weighted by molar-refractivity contribution is -0.269. The number of hydrogen-bond acceptors (Lipinski definition) is 5. The summed E-state index contributed by atoms with van der Waals surface area (Å²) in [5.74, 6) is -1.15. The van der Waals surface area contributed by atoms with Crippen LogP contribution in [0.25, 0.3) is 16.5 Å². The van der Waals surface area contributed by atoms with Crippen molar-refractivity contribution in [3.8, 4) is 0 Å². The van der Waals surface area contributed by atoms with E-state index in [0.29, 0.717) is 34.4 Å². The van der Waals surface area contributed by atoms with Crippen molar-refractivity contribution >= 4 is 45.6 Å². The largest absolute Gasteiger partial charge is 0.428 e. The van der Waals surface area contributed by atoms with Gasteiger partial charge in [-0.3, -0.25) is 25.4 Å². The number of nitrogens with one attached hydrogen (secondary N) is 3. The number of benzene rings is 3. The molecule has 1 aliphatic rings. The van der Waals surface area contributed by atoms with Gasteiger partial charge in [0.1, 0.15) is 0 Å². The molecular formula is C27H23Cl2F4N3O3. The number of hydroxylamine groups is 2. The zero-order valence-corrected chi connectivity index (χ0v) is 22.1. The molecule has 0 radical (unpaired) electrons. The van der Waals surface area contributed by atoms with Gasteiger partial charge in [0.2, 0.25) is 5.60 Å². The molecule has 1 atom stereocenters. The van der Waals surface area contributed by atoms with E-state index in [-0.39, 0.29) is 5.70 Å². The molecule has 3 N–H and O–H groups in total. The van der Waals surface area contributed by atoms with Crippen LogP contribution in [0.2, 0.25) is 10.0 Å². The fraction of sp³-hybridized carbons (Fsp3) is 0.222. The summed E-state index contributed by atoms with van der Waals surface area (Å²) < 4.78 is 57.2. The van der Waals surface area contributed by atoms with Crippen molar-refractivity contribution in [1.82, 2.24) is 16.3 Å². The number of carbonyl (C=O) groups is 1. The van der Waals surface area contributed by atoms with Crippen LogP contribution in [0.5, 0.6) is 0 Å². The van der Waals surface area contributed by atoms with Gasteiger partial charge in [-0.2, -0.15) is 13.2 Å². The zero-order valence-electron chi connectivity index (χ0n) is 20.6. The number of alkyl halides is 3. The minimum Gasteiger partial charge on any atom is -0.327 e. The van der Waals surface area contributed by atoms with E-state index >= 15 is 0 Å². The van der Waals surface area contributed by atoms with Crippen molar-refractivity contribution in [3.05, 3.63) is 99.6 Å². The van der Waals surface area contributed by atoms with Gasteiger partial charge in [-0.05, 0) is 41.0 Å². The zero-order chi connectivity index (χ0) is 28.4. The number of fused-ring (bicyclic) bond motifs is 1. The third-order valence-electron chi connectivity index (χ3n) is 5.83. The number of amides is 1. The summed E-state index contributed by atoms with van der Waals surface area (Å²) >= 11 is 11.6. The van der Waals surface area contributed by atoms with Crippen molar-refractivity contribution in [2.45, 2.75) is 25.6 Å². The Bertz CT molecular complexity index is 1440. The molecule has 0 aromatic heterocycles. The molecule has 39 heavy (non-hydrogen) atoms. The summed E-state index contributed by atoms with van der Waals surface area (Å²) in [6.45, 7) is 4.46. The highest BCUT2D eigenvalue weighted by atomic mass is 35.5. The molecule has 0 spiro atoms. The van der Waals surface area contributed by atoms with E-state index in [2.05, 4.69) is 16.3 Å². The standard InChI is InChI=1S/C27H23Cl2F4N3O3/c1-15(2)14-38-35-10-9-34-25(37)20-8-7-19(17-5-3-4-6-18(17)20)23-13-26(39-36-23,27(31,32)33)16-11-21(28)24(30)22(29)12-16/h3-13,15,35-36H,14H2,1-2H3,(H,34,37). The molecule has 12 heteroatoms. The lowest BCUT2D eigenvalue weighted by atomic mass is 9.90. The van der Waals surface area contributed by atoms with Gasteiger partial charge in [0, 0.05) is 29.1 Å². The molecule has 1 aliphatic heterocycles. The SMILES string of the molecule is CC(C)CONC=CNC(=O)c1ccc(C2=CC(c3cc(Cl)c(F)c(Cl)c3)(C(F)(F)F)ON2)c2ccccc12. The second-order valence-electron chi connectivity index (χ2n) is 9.09. The predicted molar refractivity (Wildman–Crippen MR) is 141 cm³/mol. The third kappa shape index (κ3) is 5.84. The molecule has 1 unspecified atom stereocenters. The highest BCUT2D eigenvalue weighted by molar-refractivity contribution is 6.35. The Morgan fingerprint density at radius 2 is 1.77 bits per heavy atom. The van der Waals surface area contributed by atoms with Gasteiger partial charge in [0.15, 0.2) is 5.82 Å². The Labute approximate surface area is 231 Å². The number of hydrogen-bond donors (Lipinski definition) is 3. The van der Waals surface area contributed by atoms with Gasteiger partial charge in [0.05, 0.1) is 22.3 Å². The molecule has 0 aliphatic carbocycles. The lowest BCUT2D eigenvalue weighted by Crippen LogP contribution is -2.42. The highest BCUT2D eigenvalue weighted by Crippen LogP contribution is 2.49. The van der Waals surface area contributed by atoms with Crippen molar-refractivity contribution in [3.63, 3.8) is 0 Å². The average Bonchev–Trinajstić information content (AvgIpc) is 3.35. The highest BCUT2D eigenvalue weighted by Gasteiger charge is 2.60. The van der Waals surface area contributed by atoms with Gasteiger partial charge in [-0.25, -0.2) is 4.39 Å². The molecule has 3 aromatic rings. The average molecular weight is 584 g/mol. The molecule has 206 valence electrons. The van der Waals surface area contributed by atoms with Crippen molar-refractivity contribution < 1.29 is 32.0 Å². The summed E-state index contributed by atoms with van der Waals surface area (Å²) in [4.78, 5) is 23.2. The summed E-state index contributed by atoms with van der Waals surface area (Å²) in [7, 11) is 0. The van der Waals surface area contributed by atoms with Crippen LogP contribution in [-0.2, 0) is 15.3 Å². The normalized spacial score (nSPS) is 17.5. The molecule has 4 rings (SSSR count). The third-order valence-corrected chi connectivity index (χ3v) is 6.38. The Balaban J connectivity index is 1.69. The van der Waals surface area contributed by atoms with Gasteiger partial charge in [0.25, 0.3) is 5.91 Å². The first kappa shape index (κ1) is 28.7. The first-order chi connectivity index (χ1) is 18.4. The molecule has 0 bridgehead atoms. The van der Waals surface area contributed by atoms with Crippen LogP contribution in [0, 0.1) is 11.7 Å². The van der Waals surface area contributed by atoms with Gasteiger partial charge < -0.3 is 5.32 Å². The minimum absolute atomic E-state index is 0.0153. The monoisotopic (exact) mass is 583 g/mol. The Morgan fingerprint density at radius 3 is 2.41 bits per heavy atom. The van der Waals surface area contributed by atoms with Crippen LogP contribution in [0.15, 0.2) is 67.0 Å². The summed E-state index contributed by atoms with van der Waals surface area (Å²) in [5.41, 5.74) is 2.05. The fourth-order valence-electron chi connectivity index (χ4n) is 3.97. The summed E-state index contributed by atoms with van der Waals surface area (Å²) in [6.07, 6.45) is -1.34. The maximum Gasteiger partial charge on any atom is 0.428 e. The van der Waals surface area contributed by atoms with E-state index in [1.807, 2.05) is 13.8 Å². The maximum absolute atomic E-state index is 14.4. The molecule has 1 heterocycles. The van der Waals surface area contributed by atoms with Crippen LogP contribution in [-0.4, -0.2) is 18.7 Å². The number of rotatable bonds is 8. The summed E-state index contributed by atoms with van der Waals surface area (Å²) in [6, 6.07) is 11.4. The quantitative estimate of drug-likeness (QED) is 0.115. The van der Waals surface area contributed by atoms with Gasteiger partial charge in [-0.15, -0.1) is 0 Å². The van der Waals surface area contributed by atoms with Gasteiger partial charge >= 0.3 is 6.18 Å². The van der Waals surface area contributed by atoms with Gasteiger partial charge in [-0.1, -0.05) is 67.4 Å². The van der Waals surface area contributed by atoms with E-state index in [1.54, 1.807) is 24.3 Å². The van der Waals surface area contributed by atoms with E-state index < -0.39 is 39.1 Å². The van der Waals surface area contributed by atoms with E-state index in [1.165, 1.54) is 24.5 Å². The molecular weight excluding hydrogens is 561 g/mol. The predicted octanol–water partition coefficient (Wildman–Crippen LogP) is 7.00. The molecule has 0 saturated heterocycles. The fourth-order valence-corrected chi connectivity index (χ4v) is 4.46. The maximum atomic E-state index is 14.4. The van der Waals surface area contributed by atoms with Crippen LogP contribution >= 0.6 is 23.2 Å². The molecule has 3 aromatic carbocycles. The van der Waals surface area contributed by atoms with Crippen molar-refractivity contribution in [2.75, 3.05) is 6.61 Å². The molecule has 6 nitrogen and oxygen atoms in total. The number of halogens is 6. The first-order valence-electron chi connectivity index (χ1n) is 11.7. The van der Waals surface area contributed by atoms with Crippen molar-refractivity contribution in [2.24, 2.45) is 5.92 Å². The molecule has 1 amide bonds. The second kappa shape index (κ2) is 11.4. The smallest absolute Gasteiger partial charge is 0.327 e. The Kier molecular flexibility index (Phi) is 8.41. The molecule has 0 saturated carbocycles. The lowest BCUT2D eigenvalue weighted by Gasteiger charge is -2.28. The van der Waals surface area contributed by atoms with E-state index in [4.69, 9.17) is 32.9 Å². The van der Waals surface area contributed by atoms with Crippen molar-refractivity contribution in [1.29, 1.82) is 0 Å². The topological polar surface area (TPSA) is 71.6 Å². The Hall–Kier alpha value is -3.31. The Morgan fingerprint density at radius 1 is 1.10 bits per heavy atom.